The molecule has 0 spiro atoms. The van der Waals surface area contributed by atoms with Crippen molar-refractivity contribution in [1.82, 2.24) is 0 Å². The van der Waals surface area contributed by atoms with Gasteiger partial charge in [-0.3, -0.25) is 0 Å². The standard InChI is InChI=1S/C16H19P/c1-12(2)15-7-3-13(4-8-15)11-14-5-9-16(17)10-6-14/h3-10,12H,11,17H2,1-2H3. The lowest BCUT2D eigenvalue weighted by Crippen LogP contribution is -1.93. The van der Waals surface area contributed by atoms with Crippen molar-refractivity contribution in [1.29, 1.82) is 0 Å². The second kappa shape index (κ2) is 5.47. The molecule has 2 aromatic rings. The van der Waals surface area contributed by atoms with Gasteiger partial charge < -0.3 is 0 Å². The molecule has 0 aliphatic heterocycles. The van der Waals surface area contributed by atoms with Crippen LogP contribution in [0.2, 0.25) is 0 Å². The van der Waals surface area contributed by atoms with E-state index in [4.69, 9.17) is 0 Å². The fourth-order valence-electron chi connectivity index (χ4n) is 1.89. The molecule has 0 heterocycles. The van der Waals surface area contributed by atoms with Gasteiger partial charge in [-0.25, -0.2) is 0 Å². The summed E-state index contributed by atoms with van der Waals surface area (Å²) < 4.78 is 0. The van der Waals surface area contributed by atoms with Crippen molar-refractivity contribution < 1.29 is 0 Å². The zero-order chi connectivity index (χ0) is 12.3. The zero-order valence-corrected chi connectivity index (χ0v) is 11.6. The predicted molar refractivity (Wildman–Crippen MR) is 79.1 cm³/mol. The Hall–Kier alpha value is -1.13. The molecule has 88 valence electrons. The second-order valence-electron chi connectivity index (χ2n) is 4.81. The molecule has 0 aliphatic rings. The Bertz CT molecular complexity index is 466. The minimum absolute atomic E-state index is 0.612. The van der Waals surface area contributed by atoms with Gasteiger partial charge in [-0.15, -0.1) is 9.24 Å². The Balaban J connectivity index is 2.11. The molecule has 2 aromatic carbocycles. The molecular formula is C16H19P. The highest BCUT2D eigenvalue weighted by atomic mass is 31.0. The molecule has 1 atom stereocenters. The molecule has 2 rings (SSSR count). The highest BCUT2D eigenvalue weighted by Gasteiger charge is 2.00. The van der Waals surface area contributed by atoms with Crippen molar-refractivity contribution >= 4 is 14.5 Å². The van der Waals surface area contributed by atoms with E-state index >= 15 is 0 Å². The topological polar surface area (TPSA) is 0 Å². The summed E-state index contributed by atoms with van der Waals surface area (Å²) >= 11 is 0. The molecule has 0 nitrogen and oxygen atoms in total. The molecular weight excluding hydrogens is 223 g/mol. The van der Waals surface area contributed by atoms with Crippen molar-refractivity contribution in [2.45, 2.75) is 26.2 Å². The van der Waals surface area contributed by atoms with Gasteiger partial charge in [0.1, 0.15) is 0 Å². The Morgan fingerprint density at radius 2 is 1.29 bits per heavy atom. The summed E-state index contributed by atoms with van der Waals surface area (Å²) in [4.78, 5) is 0. The van der Waals surface area contributed by atoms with Crippen LogP contribution in [-0.4, -0.2) is 0 Å². The van der Waals surface area contributed by atoms with E-state index in [1.807, 2.05) is 0 Å². The van der Waals surface area contributed by atoms with Gasteiger partial charge in [0, 0.05) is 0 Å². The molecule has 0 aliphatic carbocycles. The first-order chi connectivity index (χ1) is 8.15. The largest absolute Gasteiger partial charge is 0.106 e. The van der Waals surface area contributed by atoms with E-state index in [9.17, 15) is 0 Å². The lowest BCUT2D eigenvalue weighted by Gasteiger charge is -2.07. The smallest absolute Gasteiger partial charge is 0.00258 e. The SMILES string of the molecule is CC(C)c1ccc(Cc2ccc(P)cc2)cc1. The molecule has 0 radical (unpaired) electrons. The van der Waals surface area contributed by atoms with Crippen LogP contribution < -0.4 is 5.30 Å². The maximum Gasteiger partial charge on any atom is -0.00258 e. The molecule has 1 unspecified atom stereocenters. The molecule has 0 fully saturated rings. The minimum atomic E-state index is 0.612. The molecule has 0 bridgehead atoms. The first kappa shape index (κ1) is 12.3. The van der Waals surface area contributed by atoms with Crippen molar-refractivity contribution in [2.24, 2.45) is 0 Å². The molecule has 1 heteroatoms. The van der Waals surface area contributed by atoms with Gasteiger partial charge >= 0.3 is 0 Å². The summed E-state index contributed by atoms with van der Waals surface area (Å²) in [5.74, 6) is 0.612. The van der Waals surface area contributed by atoms with Crippen molar-refractivity contribution in [3.63, 3.8) is 0 Å². The van der Waals surface area contributed by atoms with Crippen LogP contribution in [0.3, 0.4) is 0 Å². The number of benzene rings is 2. The maximum absolute atomic E-state index is 2.72. The fourth-order valence-corrected chi connectivity index (χ4v) is 2.08. The third-order valence-corrected chi connectivity index (χ3v) is 3.42. The Kier molecular flexibility index (Phi) is 3.97. The molecule has 0 aromatic heterocycles. The minimum Gasteiger partial charge on any atom is -0.106 e. The van der Waals surface area contributed by atoms with Crippen LogP contribution >= 0.6 is 9.24 Å². The van der Waals surface area contributed by atoms with Crippen molar-refractivity contribution in [3.05, 3.63) is 65.2 Å². The van der Waals surface area contributed by atoms with E-state index in [-0.39, 0.29) is 0 Å². The Morgan fingerprint density at radius 3 is 1.76 bits per heavy atom. The van der Waals surface area contributed by atoms with Crippen LogP contribution in [0.1, 0.15) is 36.5 Å². The third-order valence-electron chi connectivity index (χ3n) is 3.03. The zero-order valence-electron chi connectivity index (χ0n) is 10.5. The van der Waals surface area contributed by atoms with Gasteiger partial charge in [0.05, 0.1) is 0 Å². The van der Waals surface area contributed by atoms with Gasteiger partial charge in [-0.2, -0.15) is 0 Å². The van der Waals surface area contributed by atoms with Gasteiger partial charge in [-0.1, -0.05) is 62.4 Å². The summed E-state index contributed by atoms with van der Waals surface area (Å²) in [6.07, 6.45) is 1.02. The molecule has 0 amide bonds. The molecule has 17 heavy (non-hydrogen) atoms. The monoisotopic (exact) mass is 242 g/mol. The third kappa shape index (κ3) is 3.41. The van der Waals surface area contributed by atoms with Gasteiger partial charge in [0.2, 0.25) is 0 Å². The molecule has 0 N–H and O–H groups in total. The van der Waals surface area contributed by atoms with Crippen LogP contribution in [0.4, 0.5) is 0 Å². The van der Waals surface area contributed by atoms with E-state index in [1.165, 1.54) is 22.0 Å². The van der Waals surface area contributed by atoms with Crippen LogP contribution in [-0.2, 0) is 6.42 Å². The average Bonchev–Trinajstić information content (AvgIpc) is 2.33. The van der Waals surface area contributed by atoms with Crippen LogP contribution in [0.5, 0.6) is 0 Å². The first-order valence-corrected chi connectivity index (χ1v) is 6.66. The lowest BCUT2D eigenvalue weighted by atomic mass is 9.99. The van der Waals surface area contributed by atoms with Gasteiger partial charge in [-0.05, 0) is 34.3 Å². The Morgan fingerprint density at radius 1 is 0.824 bits per heavy atom. The van der Waals surface area contributed by atoms with Crippen LogP contribution in [0.25, 0.3) is 0 Å². The second-order valence-corrected chi connectivity index (χ2v) is 5.48. The van der Waals surface area contributed by atoms with E-state index in [2.05, 4.69) is 71.6 Å². The maximum atomic E-state index is 2.72. The number of hydrogen-bond acceptors (Lipinski definition) is 0. The summed E-state index contributed by atoms with van der Waals surface area (Å²) in [5.41, 5.74) is 4.16. The lowest BCUT2D eigenvalue weighted by molar-refractivity contribution is 0.865. The normalized spacial score (nSPS) is 10.8. The highest BCUT2D eigenvalue weighted by molar-refractivity contribution is 7.27. The van der Waals surface area contributed by atoms with E-state index in [0.29, 0.717) is 5.92 Å². The number of rotatable bonds is 3. The fraction of sp³-hybridized carbons (Fsp3) is 0.250. The van der Waals surface area contributed by atoms with E-state index in [1.54, 1.807) is 0 Å². The highest BCUT2D eigenvalue weighted by Crippen LogP contribution is 2.16. The predicted octanol–water partition coefficient (Wildman–Crippen LogP) is 3.90. The van der Waals surface area contributed by atoms with Gasteiger partial charge in [0.25, 0.3) is 0 Å². The quantitative estimate of drug-likeness (QED) is 0.716. The van der Waals surface area contributed by atoms with Crippen molar-refractivity contribution in [2.75, 3.05) is 0 Å². The summed E-state index contributed by atoms with van der Waals surface area (Å²) in [7, 11) is 2.72. The van der Waals surface area contributed by atoms with Gasteiger partial charge in [0.15, 0.2) is 0 Å². The number of hydrogen-bond donors (Lipinski definition) is 0. The summed E-state index contributed by atoms with van der Waals surface area (Å²) in [5, 5.41) is 1.24. The molecule has 0 saturated carbocycles. The molecule has 0 saturated heterocycles. The summed E-state index contributed by atoms with van der Waals surface area (Å²) in [6, 6.07) is 17.6. The van der Waals surface area contributed by atoms with E-state index < -0.39 is 0 Å². The summed E-state index contributed by atoms with van der Waals surface area (Å²) in [6.45, 7) is 4.46. The average molecular weight is 242 g/mol. The first-order valence-electron chi connectivity index (χ1n) is 6.08. The Labute approximate surface area is 106 Å². The van der Waals surface area contributed by atoms with Crippen molar-refractivity contribution in [3.8, 4) is 0 Å². The van der Waals surface area contributed by atoms with E-state index in [0.717, 1.165) is 6.42 Å². The van der Waals surface area contributed by atoms with Crippen LogP contribution in [0, 0.1) is 0 Å². The van der Waals surface area contributed by atoms with Crippen LogP contribution in [0.15, 0.2) is 48.5 Å².